The summed E-state index contributed by atoms with van der Waals surface area (Å²) in [5.74, 6) is -0.216. The molecule has 0 aliphatic carbocycles. The number of halogens is 1. The van der Waals surface area contributed by atoms with Crippen molar-refractivity contribution in [1.82, 2.24) is 15.1 Å². The van der Waals surface area contributed by atoms with Crippen molar-refractivity contribution in [3.05, 3.63) is 30.1 Å². The molecule has 2 heterocycles. The molecule has 2 atom stereocenters. The Bertz CT molecular complexity index is 722. The van der Waals surface area contributed by atoms with Gasteiger partial charge in [0.1, 0.15) is 5.82 Å². The summed E-state index contributed by atoms with van der Waals surface area (Å²) in [6.07, 6.45) is 1.93. The fraction of sp³-hybridized carbons (Fsp3) is 0.652. The molecule has 2 aliphatic heterocycles. The van der Waals surface area contributed by atoms with E-state index < -0.39 is 0 Å². The molecule has 1 aromatic rings. The SMILES string of the molecule is COCCN1C(=O)CCC(C(=O)NCCCN2CCN(c3ccc(F)cc3)CC2)C1C. The minimum atomic E-state index is -0.207. The Labute approximate surface area is 184 Å². The summed E-state index contributed by atoms with van der Waals surface area (Å²) in [6.45, 7) is 8.32. The zero-order valence-corrected chi connectivity index (χ0v) is 18.7. The van der Waals surface area contributed by atoms with Gasteiger partial charge in [0.2, 0.25) is 11.8 Å². The Morgan fingerprint density at radius 1 is 1.16 bits per heavy atom. The molecule has 1 N–H and O–H groups in total. The molecule has 7 nitrogen and oxygen atoms in total. The molecule has 172 valence electrons. The lowest BCUT2D eigenvalue weighted by Gasteiger charge is -2.38. The minimum absolute atomic E-state index is 0.0449. The number of carbonyl (C=O) groups excluding carboxylic acids is 2. The highest BCUT2D eigenvalue weighted by Gasteiger charge is 2.36. The van der Waals surface area contributed by atoms with E-state index in [-0.39, 0.29) is 29.6 Å². The average Bonchev–Trinajstić information content (AvgIpc) is 2.77. The van der Waals surface area contributed by atoms with Gasteiger partial charge in [0.25, 0.3) is 0 Å². The molecule has 0 saturated carbocycles. The summed E-state index contributed by atoms with van der Waals surface area (Å²) in [4.78, 5) is 31.3. The normalized spacial score (nSPS) is 22.6. The van der Waals surface area contributed by atoms with Gasteiger partial charge in [0.05, 0.1) is 12.5 Å². The number of hydrogen-bond donors (Lipinski definition) is 1. The van der Waals surface area contributed by atoms with Crippen molar-refractivity contribution in [2.75, 3.05) is 64.4 Å². The average molecular weight is 435 g/mol. The second-order valence-electron chi connectivity index (χ2n) is 8.42. The zero-order valence-electron chi connectivity index (χ0n) is 18.7. The Morgan fingerprint density at radius 2 is 1.87 bits per heavy atom. The summed E-state index contributed by atoms with van der Waals surface area (Å²) in [5.41, 5.74) is 1.06. The monoisotopic (exact) mass is 434 g/mol. The van der Waals surface area contributed by atoms with Gasteiger partial charge in [0.15, 0.2) is 0 Å². The highest BCUT2D eigenvalue weighted by molar-refractivity contribution is 5.84. The third-order valence-electron chi connectivity index (χ3n) is 6.45. The minimum Gasteiger partial charge on any atom is -0.383 e. The van der Waals surface area contributed by atoms with Gasteiger partial charge in [-0.25, -0.2) is 4.39 Å². The predicted octanol–water partition coefficient (Wildman–Crippen LogP) is 1.73. The summed E-state index contributed by atoms with van der Waals surface area (Å²) in [7, 11) is 1.62. The number of nitrogens with one attached hydrogen (secondary N) is 1. The fourth-order valence-corrected chi connectivity index (χ4v) is 4.50. The summed E-state index contributed by atoms with van der Waals surface area (Å²) < 4.78 is 18.2. The Morgan fingerprint density at radius 3 is 2.55 bits per heavy atom. The number of anilines is 1. The zero-order chi connectivity index (χ0) is 22.2. The van der Waals surface area contributed by atoms with E-state index in [2.05, 4.69) is 15.1 Å². The van der Waals surface area contributed by atoms with Crippen LogP contribution in [0.2, 0.25) is 0 Å². The first-order valence-corrected chi connectivity index (χ1v) is 11.3. The second kappa shape index (κ2) is 11.4. The number of piperazine rings is 1. The second-order valence-corrected chi connectivity index (χ2v) is 8.42. The van der Waals surface area contributed by atoms with Gasteiger partial charge in [-0.2, -0.15) is 0 Å². The van der Waals surface area contributed by atoms with Crippen molar-refractivity contribution in [1.29, 1.82) is 0 Å². The lowest BCUT2D eigenvalue weighted by atomic mass is 9.89. The van der Waals surface area contributed by atoms with E-state index in [4.69, 9.17) is 4.74 Å². The van der Waals surface area contributed by atoms with Gasteiger partial charge >= 0.3 is 0 Å². The molecular formula is C23H35FN4O3. The maximum atomic E-state index is 13.1. The Balaban J connectivity index is 1.35. The first kappa shape index (κ1) is 23.5. The summed E-state index contributed by atoms with van der Waals surface area (Å²) >= 11 is 0. The van der Waals surface area contributed by atoms with Crippen LogP contribution in [0.3, 0.4) is 0 Å². The molecule has 0 spiro atoms. The number of amides is 2. The molecule has 2 amide bonds. The van der Waals surface area contributed by atoms with Gasteiger partial charge in [-0.1, -0.05) is 0 Å². The summed E-state index contributed by atoms with van der Waals surface area (Å²) in [5, 5.41) is 3.07. The molecular weight excluding hydrogens is 399 g/mol. The van der Waals surface area contributed by atoms with Crippen LogP contribution in [0, 0.1) is 11.7 Å². The van der Waals surface area contributed by atoms with Crippen molar-refractivity contribution >= 4 is 17.5 Å². The lowest BCUT2D eigenvalue weighted by Crippen LogP contribution is -2.52. The predicted molar refractivity (Wildman–Crippen MR) is 118 cm³/mol. The number of carbonyl (C=O) groups is 2. The third-order valence-corrected chi connectivity index (χ3v) is 6.45. The number of rotatable bonds is 9. The van der Waals surface area contributed by atoms with Crippen LogP contribution < -0.4 is 10.2 Å². The van der Waals surface area contributed by atoms with Crippen molar-refractivity contribution in [2.24, 2.45) is 5.92 Å². The Kier molecular flexibility index (Phi) is 8.66. The topological polar surface area (TPSA) is 65.1 Å². The molecule has 3 rings (SSSR count). The molecule has 0 aromatic heterocycles. The van der Waals surface area contributed by atoms with Crippen LogP contribution in [-0.2, 0) is 14.3 Å². The lowest BCUT2D eigenvalue weighted by molar-refractivity contribution is -0.143. The van der Waals surface area contributed by atoms with Gasteiger partial charge in [-0.15, -0.1) is 0 Å². The van der Waals surface area contributed by atoms with Crippen LogP contribution in [0.4, 0.5) is 10.1 Å². The third kappa shape index (κ3) is 6.40. The highest BCUT2D eigenvalue weighted by atomic mass is 19.1. The van der Waals surface area contributed by atoms with E-state index in [1.807, 2.05) is 19.1 Å². The van der Waals surface area contributed by atoms with Crippen molar-refractivity contribution < 1.29 is 18.7 Å². The first-order chi connectivity index (χ1) is 15.0. The standard InChI is InChI=1S/C23H35FN4O3/c1-18-21(8-9-22(29)28(18)16-17-31-2)23(30)25-10-3-11-26-12-14-27(15-13-26)20-6-4-19(24)5-7-20/h4-7,18,21H,3,8-17H2,1-2H3,(H,25,30). The molecule has 2 aliphatic rings. The van der Waals surface area contributed by atoms with Crippen LogP contribution in [0.25, 0.3) is 0 Å². The smallest absolute Gasteiger partial charge is 0.225 e. The molecule has 1 aromatic carbocycles. The van der Waals surface area contributed by atoms with E-state index in [9.17, 15) is 14.0 Å². The molecule has 8 heteroatoms. The van der Waals surface area contributed by atoms with Crippen molar-refractivity contribution in [3.63, 3.8) is 0 Å². The maximum Gasteiger partial charge on any atom is 0.225 e. The molecule has 2 unspecified atom stereocenters. The van der Waals surface area contributed by atoms with Crippen LogP contribution in [0.5, 0.6) is 0 Å². The fourth-order valence-electron chi connectivity index (χ4n) is 4.50. The largest absolute Gasteiger partial charge is 0.383 e. The van der Waals surface area contributed by atoms with Crippen LogP contribution >= 0.6 is 0 Å². The van der Waals surface area contributed by atoms with Crippen molar-refractivity contribution in [3.8, 4) is 0 Å². The molecule has 31 heavy (non-hydrogen) atoms. The highest BCUT2D eigenvalue weighted by Crippen LogP contribution is 2.24. The van der Waals surface area contributed by atoms with E-state index >= 15 is 0 Å². The van der Waals surface area contributed by atoms with E-state index in [1.165, 1.54) is 12.1 Å². The first-order valence-electron chi connectivity index (χ1n) is 11.3. The number of ether oxygens (including phenoxy) is 1. The van der Waals surface area contributed by atoms with Crippen LogP contribution in [0.15, 0.2) is 24.3 Å². The number of methoxy groups -OCH3 is 1. The summed E-state index contributed by atoms with van der Waals surface area (Å²) in [6, 6.07) is 6.57. The quantitative estimate of drug-likeness (QED) is 0.600. The number of piperidine rings is 1. The van der Waals surface area contributed by atoms with Gasteiger partial charge in [0, 0.05) is 64.5 Å². The van der Waals surface area contributed by atoms with Gasteiger partial charge in [-0.3, -0.25) is 14.5 Å². The number of hydrogen-bond acceptors (Lipinski definition) is 5. The number of likely N-dealkylation sites (tertiary alicyclic amines) is 1. The van der Waals surface area contributed by atoms with Gasteiger partial charge < -0.3 is 19.9 Å². The number of nitrogens with zero attached hydrogens (tertiary/aromatic N) is 3. The van der Waals surface area contributed by atoms with Crippen LogP contribution in [-0.4, -0.2) is 87.2 Å². The van der Waals surface area contributed by atoms with Gasteiger partial charge in [-0.05, 0) is 50.6 Å². The molecule has 2 saturated heterocycles. The maximum absolute atomic E-state index is 13.1. The van der Waals surface area contributed by atoms with E-state index in [1.54, 1.807) is 12.0 Å². The molecule has 0 radical (unpaired) electrons. The molecule has 0 bridgehead atoms. The number of benzene rings is 1. The van der Waals surface area contributed by atoms with E-state index in [0.29, 0.717) is 32.5 Å². The van der Waals surface area contributed by atoms with Crippen molar-refractivity contribution in [2.45, 2.75) is 32.2 Å². The van der Waals surface area contributed by atoms with Crippen LogP contribution in [0.1, 0.15) is 26.2 Å². The van der Waals surface area contributed by atoms with E-state index in [0.717, 1.165) is 44.8 Å². The molecule has 2 fully saturated rings. The Hall–Kier alpha value is -2.19.